The summed E-state index contributed by atoms with van der Waals surface area (Å²) in [5.41, 5.74) is 1.57. The Morgan fingerprint density at radius 1 is 1.11 bits per heavy atom. The molecule has 0 aliphatic heterocycles. The van der Waals surface area contributed by atoms with E-state index in [0.717, 1.165) is 0 Å². The largest absolute Gasteiger partial charge is 0.497 e. The fraction of sp³-hybridized carbons (Fsp3) is 0.150. The lowest BCUT2D eigenvalue weighted by Crippen LogP contribution is -2.14. The first-order valence-corrected chi connectivity index (χ1v) is 8.40. The van der Waals surface area contributed by atoms with Crippen LogP contribution in [0.4, 0.5) is 16.0 Å². The monoisotopic (exact) mass is 366 g/mol. The van der Waals surface area contributed by atoms with Gasteiger partial charge in [0.05, 0.1) is 12.7 Å². The minimum Gasteiger partial charge on any atom is -0.497 e. The molecule has 6 nitrogen and oxygen atoms in total. The lowest BCUT2D eigenvalue weighted by Gasteiger charge is -2.08. The number of ether oxygens (including phenoxy) is 1. The van der Waals surface area contributed by atoms with E-state index >= 15 is 0 Å². The quantitative estimate of drug-likeness (QED) is 0.669. The van der Waals surface area contributed by atoms with Crippen LogP contribution in [0.3, 0.4) is 0 Å². The third-order valence-corrected chi connectivity index (χ3v) is 3.88. The van der Waals surface area contributed by atoms with Crippen molar-refractivity contribution < 1.29 is 13.9 Å². The molecule has 7 heteroatoms. The van der Waals surface area contributed by atoms with Gasteiger partial charge in [0.1, 0.15) is 11.6 Å². The lowest BCUT2D eigenvalue weighted by molar-refractivity contribution is 0.102. The molecule has 0 atom stereocenters. The van der Waals surface area contributed by atoms with Crippen LogP contribution in [-0.2, 0) is 6.42 Å². The van der Waals surface area contributed by atoms with Gasteiger partial charge in [-0.05, 0) is 30.2 Å². The Morgan fingerprint density at radius 2 is 1.89 bits per heavy atom. The summed E-state index contributed by atoms with van der Waals surface area (Å²) in [6, 6.07) is 13.7. The van der Waals surface area contributed by atoms with Gasteiger partial charge in [-0.15, -0.1) is 0 Å². The maximum absolute atomic E-state index is 13.6. The van der Waals surface area contributed by atoms with E-state index in [4.69, 9.17) is 4.74 Å². The second-order valence-electron chi connectivity index (χ2n) is 5.75. The molecule has 0 spiro atoms. The first kappa shape index (κ1) is 18.3. The van der Waals surface area contributed by atoms with Gasteiger partial charge in [-0.2, -0.15) is 0 Å². The predicted octanol–water partition coefficient (Wildman–Crippen LogP) is 3.53. The molecule has 1 aromatic heterocycles. The number of aromatic nitrogens is 2. The molecular weight excluding hydrogens is 347 g/mol. The SMILES string of the molecule is COc1cccc(NC(=O)c2cnc(NCCc3ccccc3F)nc2)c1. The summed E-state index contributed by atoms with van der Waals surface area (Å²) in [7, 11) is 1.56. The standard InChI is InChI=1S/C20H19FN4O2/c1-27-17-7-4-6-16(11-17)25-19(26)15-12-23-20(24-13-15)22-10-9-14-5-2-3-8-18(14)21/h2-8,11-13H,9-10H2,1H3,(H,25,26)(H,22,23,24). The number of hydrogen-bond acceptors (Lipinski definition) is 5. The van der Waals surface area contributed by atoms with Crippen molar-refractivity contribution >= 4 is 17.5 Å². The van der Waals surface area contributed by atoms with Crippen LogP contribution in [0.15, 0.2) is 60.9 Å². The van der Waals surface area contributed by atoms with Gasteiger partial charge < -0.3 is 15.4 Å². The zero-order chi connectivity index (χ0) is 19.1. The molecule has 1 heterocycles. The van der Waals surface area contributed by atoms with Gasteiger partial charge >= 0.3 is 0 Å². The summed E-state index contributed by atoms with van der Waals surface area (Å²) in [5.74, 6) is 0.480. The number of carbonyl (C=O) groups is 1. The molecule has 0 bridgehead atoms. The first-order valence-electron chi connectivity index (χ1n) is 8.40. The zero-order valence-electron chi connectivity index (χ0n) is 14.8. The number of benzene rings is 2. The highest BCUT2D eigenvalue weighted by atomic mass is 19.1. The van der Waals surface area contributed by atoms with Crippen LogP contribution in [0.25, 0.3) is 0 Å². The fourth-order valence-electron chi connectivity index (χ4n) is 2.45. The number of nitrogens with one attached hydrogen (secondary N) is 2. The van der Waals surface area contributed by atoms with E-state index in [1.807, 2.05) is 0 Å². The van der Waals surface area contributed by atoms with E-state index in [2.05, 4.69) is 20.6 Å². The summed E-state index contributed by atoms with van der Waals surface area (Å²) < 4.78 is 18.7. The van der Waals surface area contributed by atoms with E-state index in [-0.39, 0.29) is 11.7 Å². The molecule has 0 radical (unpaired) electrons. The van der Waals surface area contributed by atoms with E-state index in [1.54, 1.807) is 49.6 Å². The Balaban J connectivity index is 1.54. The van der Waals surface area contributed by atoms with Crippen molar-refractivity contribution in [2.75, 3.05) is 24.3 Å². The van der Waals surface area contributed by atoms with E-state index < -0.39 is 0 Å². The summed E-state index contributed by atoms with van der Waals surface area (Å²) >= 11 is 0. The molecule has 3 aromatic rings. The molecule has 138 valence electrons. The second-order valence-corrected chi connectivity index (χ2v) is 5.75. The number of hydrogen-bond donors (Lipinski definition) is 2. The first-order chi connectivity index (χ1) is 13.2. The third kappa shape index (κ3) is 5.01. The molecule has 0 fully saturated rings. The maximum atomic E-state index is 13.6. The average Bonchev–Trinajstić information content (AvgIpc) is 2.70. The van der Waals surface area contributed by atoms with Crippen molar-refractivity contribution in [3.05, 3.63) is 77.9 Å². The van der Waals surface area contributed by atoms with E-state index in [9.17, 15) is 9.18 Å². The number of methoxy groups -OCH3 is 1. The third-order valence-electron chi connectivity index (χ3n) is 3.88. The van der Waals surface area contributed by atoms with Crippen molar-refractivity contribution in [3.8, 4) is 5.75 Å². The van der Waals surface area contributed by atoms with Crippen LogP contribution >= 0.6 is 0 Å². The summed E-state index contributed by atoms with van der Waals surface area (Å²) in [5, 5.41) is 5.78. The minimum atomic E-state index is -0.318. The molecule has 0 aliphatic rings. The highest BCUT2D eigenvalue weighted by Gasteiger charge is 2.08. The molecular formula is C20H19FN4O2. The minimum absolute atomic E-state index is 0.232. The van der Waals surface area contributed by atoms with Gasteiger partial charge in [-0.25, -0.2) is 14.4 Å². The second kappa shape index (κ2) is 8.75. The van der Waals surface area contributed by atoms with Crippen LogP contribution in [0.1, 0.15) is 15.9 Å². The van der Waals surface area contributed by atoms with Crippen LogP contribution in [0, 0.1) is 5.82 Å². The average molecular weight is 366 g/mol. The van der Waals surface area contributed by atoms with Crippen molar-refractivity contribution in [1.82, 2.24) is 9.97 Å². The van der Waals surface area contributed by atoms with Crippen LogP contribution in [0.5, 0.6) is 5.75 Å². The van der Waals surface area contributed by atoms with Gasteiger partial charge in [0.25, 0.3) is 5.91 Å². The molecule has 2 aromatic carbocycles. The highest BCUT2D eigenvalue weighted by molar-refractivity contribution is 6.03. The van der Waals surface area contributed by atoms with Gasteiger partial charge in [-0.3, -0.25) is 4.79 Å². The van der Waals surface area contributed by atoms with Gasteiger partial charge in [-0.1, -0.05) is 24.3 Å². The molecule has 27 heavy (non-hydrogen) atoms. The zero-order valence-corrected chi connectivity index (χ0v) is 14.8. The molecule has 3 rings (SSSR count). The van der Waals surface area contributed by atoms with Crippen LogP contribution in [0.2, 0.25) is 0 Å². The molecule has 2 N–H and O–H groups in total. The van der Waals surface area contributed by atoms with Crippen molar-refractivity contribution in [2.24, 2.45) is 0 Å². The summed E-state index contributed by atoms with van der Waals surface area (Å²) in [6.45, 7) is 0.482. The van der Waals surface area contributed by atoms with Crippen molar-refractivity contribution in [2.45, 2.75) is 6.42 Å². The summed E-state index contributed by atoms with van der Waals surface area (Å²) in [6.07, 6.45) is 3.38. The maximum Gasteiger partial charge on any atom is 0.258 e. The van der Waals surface area contributed by atoms with Gasteiger partial charge in [0, 0.05) is 30.7 Å². The molecule has 1 amide bonds. The van der Waals surface area contributed by atoms with Crippen LogP contribution in [-0.4, -0.2) is 29.5 Å². The molecule has 0 aliphatic carbocycles. The number of nitrogens with zero attached hydrogens (tertiary/aromatic N) is 2. The molecule has 0 saturated carbocycles. The topological polar surface area (TPSA) is 76.1 Å². The highest BCUT2D eigenvalue weighted by Crippen LogP contribution is 2.17. The Hall–Kier alpha value is -3.48. The Bertz CT molecular complexity index is 916. The Morgan fingerprint density at radius 3 is 2.63 bits per heavy atom. The number of rotatable bonds is 7. The smallest absolute Gasteiger partial charge is 0.258 e. The Labute approximate surface area is 156 Å². The van der Waals surface area contributed by atoms with Crippen molar-refractivity contribution in [3.63, 3.8) is 0 Å². The van der Waals surface area contributed by atoms with Gasteiger partial charge in [0.15, 0.2) is 0 Å². The van der Waals surface area contributed by atoms with Crippen LogP contribution < -0.4 is 15.4 Å². The predicted molar refractivity (Wildman–Crippen MR) is 102 cm³/mol. The molecule has 0 unspecified atom stereocenters. The number of halogens is 1. The fourth-order valence-corrected chi connectivity index (χ4v) is 2.45. The summed E-state index contributed by atoms with van der Waals surface area (Å²) in [4.78, 5) is 20.5. The number of anilines is 2. The van der Waals surface area contributed by atoms with Crippen molar-refractivity contribution in [1.29, 1.82) is 0 Å². The van der Waals surface area contributed by atoms with Gasteiger partial charge in [0.2, 0.25) is 5.95 Å². The van der Waals surface area contributed by atoms with E-state index in [1.165, 1.54) is 18.5 Å². The number of carbonyl (C=O) groups excluding carboxylic acids is 1. The van der Waals surface area contributed by atoms with E-state index in [0.29, 0.717) is 41.5 Å². The molecule has 0 saturated heterocycles. The normalized spacial score (nSPS) is 10.3. The number of amides is 1. The lowest BCUT2D eigenvalue weighted by atomic mass is 10.1. The Kier molecular flexibility index (Phi) is 5.94.